The number of halogens is 6. The van der Waals surface area contributed by atoms with Crippen LogP contribution in [-0.2, 0) is 17.8 Å². The van der Waals surface area contributed by atoms with Crippen molar-refractivity contribution >= 4 is 6.09 Å². The van der Waals surface area contributed by atoms with E-state index in [-0.39, 0.29) is 24.4 Å². The summed E-state index contributed by atoms with van der Waals surface area (Å²) in [6.07, 6.45) is -7.56. The van der Waals surface area contributed by atoms with Gasteiger partial charge in [0.15, 0.2) is 6.10 Å². The Bertz CT molecular complexity index is 941. The van der Waals surface area contributed by atoms with Crippen molar-refractivity contribution in [3.8, 4) is 5.75 Å². The molecule has 0 aliphatic carbocycles. The average molecular weight is 538 g/mol. The van der Waals surface area contributed by atoms with Crippen molar-refractivity contribution in [1.29, 1.82) is 0 Å². The second-order valence-corrected chi connectivity index (χ2v) is 10.3. The number of amides is 1. The molecule has 1 atom stereocenters. The van der Waals surface area contributed by atoms with Gasteiger partial charge in [0, 0.05) is 31.7 Å². The Morgan fingerprint density at radius 1 is 0.892 bits per heavy atom. The van der Waals surface area contributed by atoms with E-state index in [1.54, 1.807) is 0 Å². The number of hydrogen-bond acceptors (Lipinski definition) is 5. The zero-order valence-corrected chi connectivity index (χ0v) is 20.8. The fraction of sp³-hybridized carbons (Fsp3) is 0.720. The fourth-order valence-corrected chi connectivity index (χ4v) is 5.73. The summed E-state index contributed by atoms with van der Waals surface area (Å²) in [7, 11) is 0. The van der Waals surface area contributed by atoms with Crippen LogP contribution in [0.2, 0.25) is 0 Å². The number of nitrogens with zero attached hydrogens (tertiary/aromatic N) is 3. The van der Waals surface area contributed by atoms with Gasteiger partial charge < -0.3 is 14.4 Å². The molecule has 6 nitrogen and oxygen atoms in total. The molecule has 3 saturated heterocycles. The van der Waals surface area contributed by atoms with Gasteiger partial charge in [0.2, 0.25) is 0 Å². The van der Waals surface area contributed by atoms with Crippen LogP contribution in [0.25, 0.3) is 0 Å². The Balaban J connectivity index is 1.43. The van der Waals surface area contributed by atoms with E-state index in [4.69, 9.17) is 0 Å². The van der Waals surface area contributed by atoms with Gasteiger partial charge in [-0.25, -0.2) is 4.79 Å². The van der Waals surface area contributed by atoms with Gasteiger partial charge >= 0.3 is 18.6 Å². The molecule has 208 valence electrons. The first kappa shape index (κ1) is 27.8. The van der Waals surface area contributed by atoms with Crippen molar-refractivity contribution in [2.75, 3.05) is 32.7 Å². The number of ether oxygens (including phenoxy) is 2. The maximum atomic E-state index is 13.0. The number of rotatable bonds is 6. The van der Waals surface area contributed by atoms with E-state index in [9.17, 15) is 31.1 Å². The maximum Gasteiger partial charge on any atom is 0.573 e. The molecular weight excluding hydrogens is 504 g/mol. The van der Waals surface area contributed by atoms with E-state index in [1.807, 2.05) is 6.07 Å². The standard InChI is InChI=1S/C25H33F6N3O3/c1-18(24(26,27)28)36-22(35)33-11-6-23(7-12-33)5-4-10-34(23)17-20-13-19(16-32-8-2-3-9-32)14-21(15-20)37-25(29,30)31/h13-15,18H,2-12,16-17H2,1H3. The molecule has 1 unspecified atom stereocenters. The number of alkyl halides is 6. The third kappa shape index (κ3) is 7.22. The Labute approximate surface area is 212 Å². The quantitative estimate of drug-likeness (QED) is 0.436. The second kappa shape index (κ2) is 10.9. The molecule has 3 aliphatic rings. The summed E-state index contributed by atoms with van der Waals surface area (Å²) in [5.41, 5.74) is 1.23. The van der Waals surface area contributed by atoms with Crippen LogP contribution < -0.4 is 4.74 Å². The highest BCUT2D eigenvalue weighted by atomic mass is 19.4. The number of carbonyl (C=O) groups is 1. The lowest BCUT2D eigenvalue weighted by Gasteiger charge is -2.45. The van der Waals surface area contributed by atoms with Gasteiger partial charge in [0.05, 0.1) is 0 Å². The van der Waals surface area contributed by atoms with Gasteiger partial charge in [0.25, 0.3) is 0 Å². The summed E-state index contributed by atoms with van der Waals surface area (Å²) in [4.78, 5) is 18.0. The predicted molar refractivity (Wildman–Crippen MR) is 123 cm³/mol. The molecule has 0 saturated carbocycles. The van der Waals surface area contributed by atoms with Crippen molar-refractivity contribution in [2.24, 2.45) is 0 Å². The number of piperidine rings is 1. The summed E-state index contributed by atoms with van der Waals surface area (Å²) < 4.78 is 86.1. The zero-order valence-electron chi connectivity index (χ0n) is 20.8. The summed E-state index contributed by atoms with van der Waals surface area (Å²) in [6, 6.07) is 4.80. The van der Waals surface area contributed by atoms with E-state index < -0.39 is 24.7 Å². The molecular formula is C25H33F6N3O3. The van der Waals surface area contributed by atoms with Crippen LogP contribution in [0.15, 0.2) is 18.2 Å². The first-order chi connectivity index (χ1) is 17.3. The van der Waals surface area contributed by atoms with Crippen molar-refractivity contribution in [2.45, 2.75) is 82.7 Å². The van der Waals surface area contributed by atoms with Crippen molar-refractivity contribution < 1.29 is 40.6 Å². The topological polar surface area (TPSA) is 45.2 Å². The lowest BCUT2D eigenvalue weighted by atomic mass is 9.85. The fourth-order valence-electron chi connectivity index (χ4n) is 5.73. The number of carbonyl (C=O) groups excluding carboxylic acids is 1. The first-order valence-electron chi connectivity index (χ1n) is 12.7. The van der Waals surface area contributed by atoms with Crippen molar-refractivity contribution in [1.82, 2.24) is 14.7 Å². The molecule has 4 rings (SSSR count). The van der Waals surface area contributed by atoms with E-state index in [2.05, 4.69) is 19.3 Å². The molecule has 1 aromatic rings. The minimum Gasteiger partial charge on any atom is -0.437 e. The highest BCUT2D eigenvalue weighted by molar-refractivity contribution is 5.68. The van der Waals surface area contributed by atoms with Crippen LogP contribution in [-0.4, -0.2) is 77.7 Å². The third-order valence-corrected chi connectivity index (χ3v) is 7.67. The average Bonchev–Trinajstić information content (AvgIpc) is 3.43. The molecule has 1 amide bonds. The van der Waals surface area contributed by atoms with Crippen molar-refractivity contribution in [3.63, 3.8) is 0 Å². The minimum atomic E-state index is -4.79. The number of hydrogen-bond donors (Lipinski definition) is 0. The van der Waals surface area contributed by atoms with Crippen molar-refractivity contribution in [3.05, 3.63) is 29.3 Å². The number of benzene rings is 1. The smallest absolute Gasteiger partial charge is 0.437 e. The SMILES string of the molecule is CC(OC(=O)N1CCC2(CCCN2Cc2cc(CN3CCCC3)cc(OC(F)(F)F)c2)CC1)C(F)(F)F. The first-order valence-corrected chi connectivity index (χ1v) is 12.7. The summed E-state index contributed by atoms with van der Waals surface area (Å²) >= 11 is 0. The van der Waals surface area contributed by atoms with Crippen LogP contribution in [0, 0.1) is 0 Å². The molecule has 3 heterocycles. The van der Waals surface area contributed by atoms with Crippen LogP contribution in [0.1, 0.15) is 56.6 Å². The predicted octanol–water partition coefficient (Wildman–Crippen LogP) is 5.70. The monoisotopic (exact) mass is 537 g/mol. The van der Waals surface area contributed by atoms with Gasteiger partial charge in [0.1, 0.15) is 5.75 Å². The molecule has 3 aliphatic heterocycles. The summed E-state index contributed by atoms with van der Waals surface area (Å²) in [5.74, 6) is -0.233. The summed E-state index contributed by atoms with van der Waals surface area (Å²) in [6.45, 7) is 4.89. The molecule has 0 bridgehead atoms. The molecule has 12 heteroatoms. The maximum absolute atomic E-state index is 13.0. The van der Waals surface area contributed by atoms with E-state index >= 15 is 0 Å². The Morgan fingerprint density at radius 2 is 1.51 bits per heavy atom. The molecule has 37 heavy (non-hydrogen) atoms. The Kier molecular flexibility index (Phi) is 8.18. The number of likely N-dealkylation sites (tertiary alicyclic amines) is 3. The van der Waals surface area contributed by atoms with Crippen LogP contribution >= 0.6 is 0 Å². The highest BCUT2D eigenvalue weighted by Gasteiger charge is 2.45. The van der Waals surface area contributed by atoms with Gasteiger partial charge in [-0.2, -0.15) is 13.2 Å². The lowest BCUT2D eigenvalue weighted by Crippen LogP contribution is -2.53. The molecule has 0 aromatic heterocycles. The molecule has 0 radical (unpaired) electrons. The largest absolute Gasteiger partial charge is 0.573 e. The van der Waals surface area contributed by atoms with E-state index in [0.717, 1.165) is 63.4 Å². The normalized spacial score (nSPS) is 22.0. The van der Waals surface area contributed by atoms with Crippen LogP contribution in [0.5, 0.6) is 5.75 Å². The van der Waals surface area contributed by atoms with Crippen LogP contribution in [0.3, 0.4) is 0 Å². The zero-order chi connectivity index (χ0) is 26.8. The minimum absolute atomic E-state index is 0.233. The van der Waals surface area contributed by atoms with E-state index in [0.29, 0.717) is 25.9 Å². The highest BCUT2D eigenvalue weighted by Crippen LogP contribution is 2.40. The van der Waals surface area contributed by atoms with Gasteiger partial charge in [-0.1, -0.05) is 6.07 Å². The van der Waals surface area contributed by atoms with Gasteiger partial charge in [-0.3, -0.25) is 9.80 Å². The Morgan fingerprint density at radius 3 is 2.11 bits per heavy atom. The lowest BCUT2D eigenvalue weighted by molar-refractivity contribution is -0.274. The molecule has 3 fully saturated rings. The van der Waals surface area contributed by atoms with Gasteiger partial charge in [-0.05, 0) is 88.3 Å². The molecule has 0 N–H and O–H groups in total. The molecule has 1 aromatic carbocycles. The Hall–Kier alpha value is -2.21. The van der Waals surface area contributed by atoms with Gasteiger partial charge in [-0.15, -0.1) is 13.2 Å². The molecule has 1 spiro atoms. The second-order valence-electron chi connectivity index (χ2n) is 10.3. The van der Waals surface area contributed by atoms with E-state index in [1.165, 1.54) is 17.0 Å². The van der Waals surface area contributed by atoms with Crippen LogP contribution in [0.4, 0.5) is 31.1 Å². The summed E-state index contributed by atoms with van der Waals surface area (Å²) in [5, 5.41) is 0. The third-order valence-electron chi connectivity index (χ3n) is 7.67.